The van der Waals surface area contributed by atoms with Gasteiger partial charge in [0.15, 0.2) is 0 Å². The van der Waals surface area contributed by atoms with E-state index in [1.807, 2.05) is 13.8 Å². The smallest absolute Gasteiger partial charge is 0.221 e. The van der Waals surface area contributed by atoms with Crippen LogP contribution >= 0.6 is 12.2 Å². The number of amides is 1. The highest BCUT2D eigenvalue weighted by Gasteiger charge is 2.28. The minimum Gasteiger partial charge on any atom is -0.391 e. The zero-order valence-electron chi connectivity index (χ0n) is 10.2. The Kier molecular flexibility index (Phi) is 4.71. The summed E-state index contributed by atoms with van der Waals surface area (Å²) >= 11 is 4.99. The first-order chi connectivity index (χ1) is 7.48. The fraction of sp³-hybridized carbons (Fsp3) is 0.833. The van der Waals surface area contributed by atoms with Gasteiger partial charge in [0.05, 0.1) is 10.5 Å². The second-order valence-electron chi connectivity index (χ2n) is 4.95. The summed E-state index contributed by atoms with van der Waals surface area (Å²) in [5, 5.41) is 2.96. The van der Waals surface area contributed by atoms with Crippen molar-refractivity contribution >= 4 is 23.1 Å². The molecule has 0 aromatic rings. The molecule has 1 unspecified atom stereocenters. The maximum absolute atomic E-state index is 11.9. The van der Waals surface area contributed by atoms with Gasteiger partial charge in [0.2, 0.25) is 5.91 Å². The third-order valence-corrected chi connectivity index (χ3v) is 4.07. The van der Waals surface area contributed by atoms with Crippen LogP contribution < -0.4 is 11.1 Å². The van der Waals surface area contributed by atoms with Gasteiger partial charge in [0, 0.05) is 6.42 Å². The third kappa shape index (κ3) is 3.44. The molecule has 0 heterocycles. The SMILES string of the molecule is CCC(C)(NC(=O)CC1CCCC1)C(N)=S. The van der Waals surface area contributed by atoms with Crippen LogP contribution in [0.2, 0.25) is 0 Å². The van der Waals surface area contributed by atoms with E-state index in [1.54, 1.807) is 0 Å². The van der Waals surface area contributed by atoms with Crippen LogP contribution in [0.5, 0.6) is 0 Å². The van der Waals surface area contributed by atoms with Gasteiger partial charge >= 0.3 is 0 Å². The summed E-state index contributed by atoms with van der Waals surface area (Å²) in [6, 6.07) is 0. The Morgan fingerprint density at radius 1 is 1.50 bits per heavy atom. The van der Waals surface area contributed by atoms with E-state index in [1.165, 1.54) is 25.7 Å². The van der Waals surface area contributed by atoms with Crippen LogP contribution in [-0.2, 0) is 4.79 Å². The lowest BCUT2D eigenvalue weighted by atomic mass is 9.97. The van der Waals surface area contributed by atoms with Crippen molar-refractivity contribution in [1.82, 2.24) is 5.32 Å². The molecule has 0 bridgehead atoms. The lowest BCUT2D eigenvalue weighted by Crippen LogP contribution is -2.54. The predicted octanol–water partition coefficient (Wildman–Crippen LogP) is 2.14. The minimum absolute atomic E-state index is 0.0871. The zero-order valence-corrected chi connectivity index (χ0v) is 11.0. The Hall–Kier alpha value is -0.640. The summed E-state index contributed by atoms with van der Waals surface area (Å²) < 4.78 is 0. The topological polar surface area (TPSA) is 55.1 Å². The van der Waals surface area contributed by atoms with Gasteiger partial charge in [0.1, 0.15) is 0 Å². The minimum atomic E-state index is -0.523. The third-order valence-electron chi connectivity index (χ3n) is 3.62. The van der Waals surface area contributed by atoms with Crippen molar-refractivity contribution in [3.05, 3.63) is 0 Å². The van der Waals surface area contributed by atoms with E-state index in [4.69, 9.17) is 18.0 Å². The number of nitrogens with one attached hydrogen (secondary N) is 1. The molecule has 0 aliphatic heterocycles. The van der Waals surface area contributed by atoms with E-state index in [2.05, 4.69) is 5.32 Å². The molecular formula is C12H22N2OS. The Morgan fingerprint density at radius 3 is 2.50 bits per heavy atom. The maximum Gasteiger partial charge on any atom is 0.221 e. The molecule has 0 aromatic heterocycles. The Labute approximate surface area is 103 Å². The highest BCUT2D eigenvalue weighted by Crippen LogP contribution is 2.27. The summed E-state index contributed by atoms with van der Waals surface area (Å²) in [6.45, 7) is 3.87. The summed E-state index contributed by atoms with van der Waals surface area (Å²) in [6.07, 6.45) is 6.25. The quantitative estimate of drug-likeness (QED) is 0.726. The van der Waals surface area contributed by atoms with Gasteiger partial charge in [-0.15, -0.1) is 0 Å². The first kappa shape index (κ1) is 13.4. The lowest BCUT2D eigenvalue weighted by Gasteiger charge is -2.28. The normalized spacial score (nSPS) is 20.4. The van der Waals surface area contributed by atoms with Crippen molar-refractivity contribution in [2.45, 2.75) is 57.9 Å². The van der Waals surface area contributed by atoms with Crippen LogP contribution in [-0.4, -0.2) is 16.4 Å². The monoisotopic (exact) mass is 242 g/mol. The molecule has 3 N–H and O–H groups in total. The lowest BCUT2D eigenvalue weighted by molar-refractivity contribution is -0.123. The number of carbonyl (C=O) groups excluding carboxylic acids is 1. The van der Waals surface area contributed by atoms with Crippen LogP contribution in [0, 0.1) is 5.92 Å². The van der Waals surface area contributed by atoms with Crippen LogP contribution in [0.4, 0.5) is 0 Å². The predicted molar refractivity (Wildman–Crippen MR) is 70.2 cm³/mol. The van der Waals surface area contributed by atoms with Crippen molar-refractivity contribution in [2.24, 2.45) is 11.7 Å². The first-order valence-corrected chi connectivity index (χ1v) is 6.49. The van der Waals surface area contributed by atoms with E-state index >= 15 is 0 Å². The molecule has 1 saturated carbocycles. The number of hydrogen-bond donors (Lipinski definition) is 2. The fourth-order valence-electron chi connectivity index (χ4n) is 2.16. The second kappa shape index (κ2) is 5.62. The average molecular weight is 242 g/mol. The Bertz CT molecular complexity index is 274. The second-order valence-corrected chi connectivity index (χ2v) is 5.39. The van der Waals surface area contributed by atoms with Crippen LogP contribution in [0.25, 0.3) is 0 Å². The Morgan fingerprint density at radius 2 is 2.06 bits per heavy atom. The molecule has 1 aliphatic carbocycles. The average Bonchev–Trinajstić information content (AvgIpc) is 2.69. The molecule has 4 heteroatoms. The maximum atomic E-state index is 11.9. The number of hydrogen-bond acceptors (Lipinski definition) is 2. The van der Waals surface area contributed by atoms with Crippen LogP contribution in [0.15, 0.2) is 0 Å². The van der Waals surface area contributed by atoms with Gasteiger partial charge < -0.3 is 11.1 Å². The Balaban J connectivity index is 2.45. The first-order valence-electron chi connectivity index (χ1n) is 6.09. The molecule has 0 radical (unpaired) electrons. The van der Waals surface area contributed by atoms with E-state index in [0.717, 1.165) is 6.42 Å². The van der Waals surface area contributed by atoms with Gasteiger partial charge in [-0.2, -0.15) is 0 Å². The van der Waals surface area contributed by atoms with Crippen molar-refractivity contribution < 1.29 is 4.79 Å². The van der Waals surface area contributed by atoms with Crippen molar-refractivity contribution in [3.63, 3.8) is 0 Å². The fourth-order valence-corrected chi connectivity index (χ4v) is 2.36. The molecule has 1 amide bonds. The number of nitrogens with two attached hydrogens (primary N) is 1. The summed E-state index contributed by atoms with van der Waals surface area (Å²) in [5.41, 5.74) is 5.13. The van der Waals surface area contributed by atoms with E-state index in [9.17, 15) is 4.79 Å². The number of rotatable bonds is 5. The molecule has 1 rings (SSSR count). The van der Waals surface area contributed by atoms with Crippen molar-refractivity contribution in [3.8, 4) is 0 Å². The van der Waals surface area contributed by atoms with Gasteiger partial charge in [-0.1, -0.05) is 32.0 Å². The van der Waals surface area contributed by atoms with E-state index in [-0.39, 0.29) is 5.91 Å². The summed E-state index contributed by atoms with van der Waals surface area (Å²) in [7, 11) is 0. The molecule has 0 saturated heterocycles. The summed E-state index contributed by atoms with van der Waals surface area (Å²) in [5.74, 6) is 0.650. The number of thiocarbonyl (C=S) groups is 1. The van der Waals surface area contributed by atoms with Gasteiger partial charge in [0.25, 0.3) is 0 Å². The molecule has 3 nitrogen and oxygen atoms in total. The molecule has 1 fully saturated rings. The molecule has 0 spiro atoms. The van der Waals surface area contributed by atoms with Crippen LogP contribution in [0.1, 0.15) is 52.4 Å². The molecule has 16 heavy (non-hydrogen) atoms. The number of carbonyl (C=O) groups is 1. The molecular weight excluding hydrogens is 220 g/mol. The van der Waals surface area contributed by atoms with Gasteiger partial charge in [-0.25, -0.2) is 0 Å². The molecule has 0 aromatic carbocycles. The zero-order chi connectivity index (χ0) is 12.2. The van der Waals surface area contributed by atoms with Gasteiger partial charge in [-0.3, -0.25) is 4.79 Å². The van der Waals surface area contributed by atoms with E-state index < -0.39 is 5.54 Å². The van der Waals surface area contributed by atoms with Crippen molar-refractivity contribution in [2.75, 3.05) is 0 Å². The van der Waals surface area contributed by atoms with Crippen LogP contribution in [0.3, 0.4) is 0 Å². The highest BCUT2D eigenvalue weighted by molar-refractivity contribution is 7.80. The molecule has 1 aliphatic rings. The molecule has 1 atom stereocenters. The van der Waals surface area contributed by atoms with E-state index in [0.29, 0.717) is 17.3 Å². The van der Waals surface area contributed by atoms with Gasteiger partial charge in [-0.05, 0) is 32.1 Å². The largest absolute Gasteiger partial charge is 0.391 e. The molecule has 92 valence electrons. The standard InChI is InChI=1S/C12H22N2OS/c1-3-12(2,11(13)16)14-10(15)8-9-6-4-5-7-9/h9H,3-8H2,1-2H3,(H2,13,16)(H,14,15). The van der Waals surface area contributed by atoms with Crippen molar-refractivity contribution in [1.29, 1.82) is 0 Å². The summed E-state index contributed by atoms with van der Waals surface area (Å²) in [4.78, 5) is 12.2. The highest BCUT2D eigenvalue weighted by atomic mass is 32.1.